The summed E-state index contributed by atoms with van der Waals surface area (Å²) in [6.07, 6.45) is 6.09. The third-order valence-electron chi connectivity index (χ3n) is 10.1. The third-order valence-corrected chi connectivity index (χ3v) is 10.1. The van der Waals surface area contributed by atoms with E-state index in [1.165, 1.54) is 44.6 Å². The first-order valence-corrected chi connectivity index (χ1v) is 21.2. The number of amidine groups is 1. The van der Waals surface area contributed by atoms with Crippen molar-refractivity contribution in [2.24, 2.45) is 5.73 Å². The van der Waals surface area contributed by atoms with Gasteiger partial charge in [0, 0.05) is 31.5 Å². The van der Waals surface area contributed by atoms with Crippen LogP contribution in [0.15, 0.2) is 54.7 Å². The topological polar surface area (TPSA) is 246 Å². The normalized spacial score (nSPS) is 18.8. The number of nitrogens with one attached hydrogen (secondary N) is 2. The first-order chi connectivity index (χ1) is 29.1. The van der Waals surface area contributed by atoms with Crippen molar-refractivity contribution in [1.29, 1.82) is 5.41 Å². The van der Waals surface area contributed by atoms with Crippen LogP contribution in [0.2, 0.25) is 0 Å². The van der Waals surface area contributed by atoms with Crippen molar-refractivity contribution in [3.63, 3.8) is 0 Å². The highest BCUT2D eigenvalue weighted by molar-refractivity contribution is 5.94. The molecule has 0 spiro atoms. The molecule has 0 bridgehead atoms. The highest BCUT2D eigenvalue weighted by Crippen LogP contribution is 2.25. The Bertz CT molecular complexity index is 1630. The van der Waals surface area contributed by atoms with E-state index in [1.54, 1.807) is 10.9 Å². The average Bonchev–Trinajstić information content (AvgIpc) is 3.70. The van der Waals surface area contributed by atoms with E-state index in [9.17, 15) is 25.2 Å². The maximum absolute atomic E-state index is 11.6. The Hall–Kier alpha value is -4.20. The molecule has 17 heteroatoms. The molecular weight excluding hydrogens is 777 g/mol. The number of aromatic nitrogens is 3. The predicted molar refractivity (Wildman–Crippen MR) is 223 cm³/mol. The van der Waals surface area contributed by atoms with Gasteiger partial charge < -0.3 is 59.9 Å². The summed E-state index contributed by atoms with van der Waals surface area (Å²) in [5.41, 5.74) is 8.06. The van der Waals surface area contributed by atoms with Gasteiger partial charge in [-0.15, -0.1) is 5.10 Å². The van der Waals surface area contributed by atoms with Gasteiger partial charge >= 0.3 is 0 Å². The number of ether oxygens (including phenoxy) is 6. The average molecular weight is 843 g/mol. The van der Waals surface area contributed by atoms with Gasteiger partial charge in [0.15, 0.2) is 6.29 Å². The molecule has 0 aliphatic carbocycles. The predicted octanol–water partition coefficient (Wildman–Crippen LogP) is 2.67. The van der Waals surface area contributed by atoms with Gasteiger partial charge in [-0.3, -0.25) is 10.2 Å². The molecule has 17 nitrogen and oxygen atoms in total. The molecular formula is C43H66N6O11. The standard InChI is InChI=1S/C43H66N6O11/c1-31(51)46-40-37(52)28-39(60-42(40)41(54)38(53)30-50)59-24-19-34-29-49(48-47-34)20-25-56-27-26-55-23-18-32-10-14-35(15-11-32)57-21-8-6-4-2-3-5-7-9-22-58-36-16-12-33(13-17-36)43(44)45/h10-17,29,37-42,50,52-54H,2-9,18-28,30H2,1H3,(H3,44,45)(H,46,51). The van der Waals surface area contributed by atoms with Crippen LogP contribution in [0.4, 0.5) is 0 Å². The summed E-state index contributed by atoms with van der Waals surface area (Å²) < 4.78 is 36.4. The first-order valence-electron chi connectivity index (χ1n) is 21.2. The number of nitrogens with zero attached hydrogens (tertiary/aromatic N) is 3. The summed E-state index contributed by atoms with van der Waals surface area (Å²) in [4.78, 5) is 11.6. The summed E-state index contributed by atoms with van der Waals surface area (Å²) in [6, 6.07) is 14.5. The van der Waals surface area contributed by atoms with Crippen LogP contribution in [0.3, 0.4) is 0 Å². The van der Waals surface area contributed by atoms with Crippen LogP contribution in [0.5, 0.6) is 11.5 Å². The molecule has 8 N–H and O–H groups in total. The minimum Gasteiger partial charge on any atom is -0.494 e. The lowest BCUT2D eigenvalue weighted by Crippen LogP contribution is -2.62. The van der Waals surface area contributed by atoms with Gasteiger partial charge in [0.2, 0.25) is 5.91 Å². The quantitative estimate of drug-likeness (QED) is 0.0280. The number of aliphatic hydroxyl groups is 4. The zero-order valence-electron chi connectivity index (χ0n) is 34.9. The molecule has 6 unspecified atom stereocenters. The summed E-state index contributed by atoms with van der Waals surface area (Å²) in [5.74, 6) is 1.33. The Balaban J connectivity index is 0.943. The molecule has 1 aliphatic heterocycles. The van der Waals surface area contributed by atoms with Crippen LogP contribution in [0.25, 0.3) is 0 Å². The lowest BCUT2D eigenvalue weighted by atomic mass is 9.92. The van der Waals surface area contributed by atoms with E-state index < -0.39 is 49.3 Å². The SMILES string of the molecule is CC(=O)NC1C(O)CC(OCCc2cn(CCOCCOCCc3ccc(OCCCCCCCCCCOc4ccc(C(=N)N)cc4)cc3)nn2)OC1C(O)C(O)CO. The van der Waals surface area contributed by atoms with Crippen molar-refractivity contribution < 1.29 is 53.6 Å². The number of nitrogens with two attached hydrogens (primary N) is 1. The fraction of sp³-hybridized carbons (Fsp3) is 0.628. The van der Waals surface area contributed by atoms with Gasteiger partial charge in [0.05, 0.1) is 77.2 Å². The smallest absolute Gasteiger partial charge is 0.217 e. The van der Waals surface area contributed by atoms with Crippen LogP contribution in [-0.2, 0) is 43.1 Å². The molecule has 3 aromatic rings. The maximum atomic E-state index is 11.6. The van der Waals surface area contributed by atoms with Crippen LogP contribution in [-0.4, -0.2) is 137 Å². The number of nitrogen functional groups attached to an aromatic ring is 1. The van der Waals surface area contributed by atoms with E-state index in [0.29, 0.717) is 57.3 Å². The summed E-state index contributed by atoms with van der Waals surface area (Å²) >= 11 is 0. The number of benzene rings is 2. The molecule has 1 aliphatic rings. The van der Waals surface area contributed by atoms with E-state index in [2.05, 4.69) is 27.8 Å². The molecule has 2 aromatic carbocycles. The molecule has 4 rings (SSSR count). The van der Waals surface area contributed by atoms with Gasteiger partial charge in [-0.25, -0.2) is 4.68 Å². The fourth-order valence-electron chi connectivity index (χ4n) is 6.67. The number of amides is 1. The lowest BCUT2D eigenvalue weighted by molar-refractivity contribution is -0.253. The zero-order chi connectivity index (χ0) is 43.0. The molecule has 0 saturated carbocycles. The highest BCUT2D eigenvalue weighted by Gasteiger charge is 2.44. The largest absolute Gasteiger partial charge is 0.494 e. The second kappa shape index (κ2) is 27.6. The number of rotatable bonds is 31. The molecule has 6 atom stereocenters. The van der Waals surface area contributed by atoms with Crippen molar-refractivity contribution in [3.05, 3.63) is 71.5 Å². The Morgan fingerprint density at radius 1 is 0.867 bits per heavy atom. The van der Waals surface area contributed by atoms with E-state index in [-0.39, 0.29) is 18.9 Å². The van der Waals surface area contributed by atoms with Crippen LogP contribution in [0, 0.1) is 5.41 Å². The zero-order valence-corrected chi connectivity index (χ0v) is 34.9. The van der Waals surface area contributed by atoms with Crippen molar-refractivity contribution >= 4 is 11.7 Å². The van der Waals surface area contributed by atoms with Crippen molar-refractivity contribution in [1.82, 2.24) is 20.3 Å². The van der Waals surface area contributed by atoms with Crippen molar-refractivity contribution in [2.75, 3.05) is 52.9 Å². The van der Waals surface area contributed by atoms with E-state index in [1.807, 2.05) is 36.4 Å². The summed E-state index contributed by atoms with van der Waals surface area (Å²) in [6.45, 7) is 4.65. The van der Waals surface area contributed by atoms with Crippen molar-refractivity contribution in [2.45, 2.75) is 121 Å². The molecule has 0 radical (unpaired) electrons. The molecule has 334 valence electrons. The van der Waals surface area contributed by atoms with Gasteiger partial charge in [-0.05, 0) is 61.2 Å². The number of carbonyl (C=O) groups excluding carboxylic acids is 1. The molecule has 2 heterocycles. The van der Waals surface area contributed by atoms with E-state index in [4.69, 9.17) is 39.6 Å². The molecule has 1 aromatic heterocycles. The Labute approximate surface area is 353 Å². The fourth-order valence-corrected chi connectivity index (χ4v) is 6.67. The van der Waals surface area contributed by atoms with E-state index >= 15 is 0 Å². The van der Waals surface area contributed by atoms with E-state index in [0.717, 1.165) is 43.8 Å². The molecule has 1 fully saturated rings. The Kier molecular flexibility index (Phi) is 22.3. The molecule has 1 amide bonds. The summed E-state index contributed by atoms with van der Waals surface area (Å²) in [7, 11) is 0. The third kappa shape index (κ3) is 18.2. The van der Waals surface area contributed by atoms with Gasteiger partial charge in [0.25, 0.3) is 0 Å². The maximum Gasteiger partial charge on any atom is 0.217 e. The van der Waals surface area contributed by atoms with Crippen LogP contribution in [0.1, 0.15) is 81.5 Å². The first kappa shape index (κ1) is 48.5. The van der Waals surface area contributed by atoms with Gasteiger partial charge in [-0.1, -0.05) is 55.9 Å². The lowest BCUT2D eigenvalue weighted by Gasteiger charge is -2.42. The second-order valence-corrected chi connectivity index (χ2v) is 15.0. The Morgan fingerprint density at radius 3 is 2.07 bits per heavy atom. The van der Waals surface area contributed by atoms with Crippen LogP contribution >= 0.6 is 0 Å². The summed E-state index contributed by atoms with van der Waals surface area (Å²) in [5, 5.41) is 58.5. The number of unbranched alkanes of at least 4 members (excludes halogenated alkanes) is 7. The van der Waals surface area contributed by atoms with Crippen molar-refractivity contribution in [3.8, 4) is 11.5 Å². The molecule has 1 saturated heterocycles. The second-order valence-electron chi connectivity index (χ2n) is 15.0. The van der Waals surface area contributed by atoms with Gasteiger partial charge in [0.1, 0.15) is 35.6 Å². The molecule has 60 heavy (non-hydrogen) atoms. The number of hydrogen-bond donors (Lipinski definition) is 7. The van der Waals surface area contributed by atoms with Gasteiger partial charge in [-0.2, -0.15) is 0 Å². The number of aliphatic hydroxyl groups excluding tert-OH is 4. The number of hydrogen-bond acceptors (Lipinski definition) is 14. The number of carbonyl (C=O) groups is 1. The highest BCUT2D eigenvalue weighted by atomic mass is 16.7. The minimum atomic E-state index is -1.56. The Morgan fingerprint density at radius 2 is 1.47 bits per heavy atom. The monoisotopic (exact) mass is 842 g/mol. The minimum absolute atomic E-state index is 0.0331. The van der Waals surface area contributed by atoms with Crippen LogP contribution < -0.4 is 20.5 Å².